The maximum atomic E-state index is 12.7. The summed E-state index contributed by atoms with van der Waals surface area (Å²) in [5.74, 6) is -1.18. The number of carbonyl (C=O) groups is 1. The number of carboxylic acids is 1. The Morgan fingerprint density at radius 2 is 1.41 bits per heavy atom. The molecule has 0 aliphatic carbocycles. The highest BCUT2D eigenvalue weighted by Gasteiger charge is 2.41. The Morgan fingerprint density at radius 3 is 1.85 bits per heavy atom. The van der Waals surface area contributed by atoms with E-state index < -0.39 is 22.0 Å². The van der Waals surface area contributed by atoms with Gasteiger partial charge in [-0.3, -0.25) is 9.21 Å². The molecule has 1 N–H and O–H groups in total. The summed E-state index contributed by atoms with van der Waals surface area (Å²) < 4.78 is 26.7. The van der Waals surface area contributed by atoms with Crippen LogP contribution in [-0.4, -0.2) is 49.8 Å². The predicted molar refractivity (Wildman–Crippen MR) is 136 cm³/mol. The molecule has 3 aromatic rings. The van der Waals surface area contributed by atoms with Gasteiger partial charge in [0.15, 0.2) is 0 Å². The molecule has 0 radical (unpaired) electrons. The molecule has 1 aliphatic rings. The fourth-order valence-electron chi connectivity index (χ4n) is 4.25. The van der Waals surface area contributed by atoms with Crippen molar-refractivity contribution in [3.8, 4) is 0 Å². The van der Waals surface area contributed by atoms with E-state index in [0.29, 0.717) is 23.1 Å². The molecule has 10 heteroatoms. The SMILES string of the molecule is CS(=O)(=O)N(c1cc(Cl)cc(C(=O)O)c1)C1CN(C(c2ccc(Cl)cc2)c2ccc(Cl)cc2)C1. The minimum absolute atomic E-state index is 0.0764. The number of nitrogens with zero attached hydrogens (tertiary/aromatic N) is 2. The number of rotatable bonds is 7. The van der Waals surface area contributed by atoms with Gasteiger partial charge in [-0.15, -0.1) is 0 Å². The van der Waals surface area contributed by atoms with E-state index in [1.807, 2.05) is 48.5 Å². The molecule has 0 unspecified atom stereocenters. The van der Waals surface area contributed by atoms with Crippen molar-refractivity contribution in [1.29, 1.82) is 0 Å². The largest absolute Gasteiger partial charge is 0.478 e. The molecule has 34 heavy (non-hydrogen) atoms. The fourth-order valence-corrected chi connectivity index (χ4v) is 5.89. The summed E-state index contributed by atoms with van der Waals surface area (Å²) in [6.07, 6.45) is 1.10. The summed E-state index contributed by atoms with van der Waals surface area (Å²) in [7, 11) is -3.71. The smallest absolute Gasteiger partial charge is 0.335 e. The zero-order valence-electron chi connectivity index (χ0n) is 18.0. The Hall–Kier alpha value is -2.29. The predicted octanol–water partition coefficient (Wildman–Crippen LogP) is 5.58. The maximum absolute atomic E-state index is 12.7. The standard InChI is InChI=1S/C24H21Cl3N2O4S/c1-34(32,33)29(21-11-17(24(30)31)10-20(27)12-21)22-13-28(14-22)23(15-2-6-18(25)7-3-15)16-4-8-19(26)9-5-16/h2-12,22-23H,13-14H2,1H3,(H,30,31). The molecule has 6 nitrogen and oxygen atoms in total. The first-order valence-electron chi connectivity index (χ1n) is 10.3. The molecule has 1 heterocycles. The van der Waals surface area contributed by atoms with Crippen LogP contribution in [0.4, 0.5) is 5.69 Å². The Balaban J connectivity index is 1.66. The Bertz CT molecular complexity index is 1260. The van der Waals surface area contributed by atoms with Crippen LogP contribution in [0.3, 0.4) is 0 Å². The van der Waals surface area contributed by atoms with Gasteiger partial charge in [-0.1, -0.05) is 59.1 Å². The molecule has 1 fully saturated rings. The van der Waals surface area contributed by atoms with Crippen LogP contribution in [0.1, 0.15) is 27.5 Å². The molecule has 0 amide bonds. The summed E-state index contributed by atoms with van der Waals surface area (Å²) in [6, 6.07) is 18.6. The summed E-state index contributed by atoms with van der Waals surface area (Å²) in [6.45, 7) is 0.857. The van der Waals surface area contributed by atoms with E-state index in [9.17, 15) is 18.3 Å². The molecule has 1 aliphatic heterocycles. The van der Waals surface area contributed by atoms with E-state index in [4.69, 9.17) is 34.8 Å². The van der Waals surface area contributed by atoms with E-state index in [-0.39, 0.29) is 22.3 Å². The maximum Gasteiger partial charge on any atom is 0.335 e. The van der Waals surface area contributed by atoms with Crippen molar-refractivity contribution in [1.82, 2.24) is 4.90 Å². The highest BCUT2D eigenvalue weighted by atomic mass is 35.5. The fraction of sp³-hybridized carbons (Fsp3) is 0.208. The number of sulfonamides is 1. The van der Waals surface area contributed by atoms with Crippen molar-refractivity contribution in [3.63, 3.8) is 0 Å². The molecule has 178 valence electrons. The van der Waals surface area contributed by atoms with Crippen molar-refractivity contribution in [2.24, 2.45) is 0 Å². The van der Waals surface area contributed by atoms with Crippen molar-refractivity contribution < 1.29 is 18.3 Å². The molecule has 1 saturated heterocycles. The zero-order chi connectivity index (χ0) is 24.6. The second-order valence-corrected chi connectivity index (χ2v) is 11.3. The van der Waals surface area contributed by atoms with E-state index in [0.717, 1.165) is 17.4 Å². The zero-order valence-corrected chi connectivity index (χ0v) is 21.1. The number of hydrogen-bond acceptors (Lipinski definition) is 4. The van der Waals surface area contributed by atoms with Gasteiger partial charge in [0, 0.05) is 28.2 Å². The lowest BCUT2D eigenvalue weighted by Crippen LogP contribution is -2.61. The van der Waals surface area contributed by atoms with Crippen LogP contribution < -0.4 is 4.31 Å². The molecular formula is C24H21Cl3N2O4S. The summed E-state index contributed by atoms with van der Waals surface area (Å²) in [5.41, 5.74) is 2.16. The number of likely N-dealkylation sites (tertiary alicyclic amines) is 1. The van der Waals surface area contributed by atoms with E-state index in [1.54, 1.807) is 0 Å². The number of benzene rings is 3. The lowest BCUT2D eigenvalue weighted by molar-refractivity contribution is 0.0696. The van der Waals surface area contributed by atoms with Gasteiger partial charge in [-0.25, -0.2) is 13.2 Å². The van der Waals surface area contributed by atoms with Gasteiger partial charge < -0.3 is 5.11 Å². The second kappa shape index (κ2) is 9.76. The van der Waals surface area contributed by atoms with Crippen LogP contribution in [0.25, 0.3) is 0 Å². The number of carboxylic acid groups (broad SMARTS) is 1. The first-order chi connectivity index (χ1) is 16.0. The molecule has 0 bridgehead atoms. The molecule has 0 aromatic heterocycles. The van der Waals surface area contributed by atoms with Crippen LogP contribution in [0, 0.1) is 0 Å². The van der Waals surface area contributed by atoms with Gasteiger partial charge in [-0.2, -0.15) is 0 Å². The second-order valence-electron chi connectivity index (χ2n) is 8.18. The summed E-state index contributed by atoms with van der Waals surface area (Å²) >= 11 is 18.3. The molecule has 0 saturated carbocycles. The van der Waals surface area contributed by atoms with Crippen LogP contribution in [0.5, 0.6) is 0 Å². The average Bonchev–Trinajstić information content (AvgIpc) is 2.73. The summed E-state index contributed by atoms with van der Waals surface area (Å²) in [4.78, 5) is 13.6. The Kier molecular flexibility index (Phi) is 7.12. The van der Waals surface area contributed by atoms with E-state index in [1.165, 1.54) is 22.5 Å². The van der Waals surface area contributed by atoms with Gasteiger partial charge in [0.1, 0.15) is 0 Å². The van der Waals surface area contributed by atoms with Crippen LogP contribution in [0.2, 0.25) is 15.1 Å². The third kappa shape index (κ3) is 5.34. The topological polar surface area (TPSA) is 77.9 Å². The first kappa shape index (κ1) is 24.8. The van der Waals surface area contributed by atoms with Gasteiger partial charge >= 0.3 is 5.97 Å². The van der Waals surface area contributed by atoms with Gasteiger partial charge in [0.2, 0.25) is 10.0 Å². The molecule has 3 aromatic carbocycles. The summed E-state index contributed by atoms with van der Waals surface area (Å²) in [5, 5.41) is 10.8. The van der Waals surface area contributed by atoms with Crippen molar-refractivity contribution >= 4 is 56.5 Å². The first-order valence-corrected chi connectivity index (χ1v) is 13.3. The van der Waals surface area contributed by atoms with Crippen molar-refractivity contribution in [3.05, 3.63) is 98.5 Å². The van der Waals surface area contributed by atoms with Gasteiger partial charge in [-0.05, 0) is 53.6 Å². The van der Waals surface area contributed by atoms with E-state index in [2.05, 4.69) is 4.90 Å². The number of aromatic carboxylic acids is 1. The third-order valence-corrected chi connectivity index (χ3v) is 7.65. The minimum Gasteiger partial charge on any atom is -0.478 e. The van der Waals surface area contributed by atoms with Crippen LogP contribution >= 0.6 is 34.8 Å². The minimum atomic E-state index is -3.71. The lowest BCUT2D eigenvalue weighted by atomic mass is 9.93. The Morgan fingerprint density at radius 1 is 0.912 bits per heavy atom. The lowest BCUT2D eigenvalue weighted by Gasteiger charge is -2.48. The highest BCUT2D eigenvalue weighted by Crippen LogP contribution is 2.37. The number of hydrogen-bond donors (Lipinski definition) is 1. The van der Waals surface area contributed by atoms with Crippen molar-refractivity contribution in [2.45, 2.75) is 12.1 Å². The molecular weight excluding hydrogens is 519 g/mol. The quantitative estimate of drug-likeness (QED) is 0.424. The van der Waals surface area contributed by atoms with Crippen molar-refractivity contribution in [2.75, 3.05) is 23.7 Å². The monoisotopic (exact) mass is 538 g/mol. The Labute approximate surface area is 213 Å². The van der Waals surface area contributed by atoms with Crippen LogP contribution in [0.15, 0.2) is 66.7 Å². The number of anilines is 1. The average molecular weight is 540 g/mol. The molecule has 0 spiro atoms. The normalized spacial score (nSPS) is 14.7. The molecule has 4 rings (SSSR count). The van der Waals surface area contributed by atoms with Gasteiger partial charge in [0.25, 0.3) is 0 Å². The third-order valence-electron chi connectivity index (χ3n) is 5.70. The van der Waals surface area contributed by atoms with E-state index >= 15 is 0 Å². The highest BCUT2D eigenvalue weighted by molar-refractivity contribution is 7.92. The molecule has 0 atom stereocenters. The number of halogens is 3. The van der Waals surface area contributed by atoms with Crippen LogP contribution in [-0.2, 0) is 10.0 Å². The van der Waals surface area contributed by atoms with Gasteiger partial charge in [0.05, 0.1) is 29.6 Å².